The standard InChI is InChI=1S/C15H25N3O4S/c1-10(2)18-12(4)15(11(3)16-18)23(21,22)17-8-6-5-7-13(17)9-14(19)20/h10,13H,5-9H2,1-4H3,(H,19,20). The molecule has 1 aliphatic rings. The maximum absolute atomic E-state index is 13.1. The second-order valence-electron chi connectivity index (χ2n) is 6.40. The largest absolute Gasteiger partial charge is 0.481 e. The van der Waals surface area contributed by atoms with Crippen molar-refractivity contribution in [3.05, 3.63) is 11.4 Å². The van der Waals surface area contributed by atoms with Crippen LogP contribution in [0.4, 0.5) is 0 Å². The van der Waals surface area contributed by atoms with Gasteiger partial charge >= 0.3 is 5.97 Å². The fourth-order valence-corrected chi connectivity index (χ4v) is 5.39. The lowest BCUT2D eigenvalue weighted by Crippen LogP contribution is -2.44. The Labute approximate surface area is 137 Å². The number of hydrogen-bond donors (Lipinski definition) is 1. The number of carboxylic acid groups (broad SMARTS) is 1. The molecule has 1 aliphatic heterocycles. The summed E-state index contributed by atoms with van der Waals surface area (Å²) in [6.07, 6.45) is 2.04. The molecule has 1 N–H and O–H groups in total. The summed E-state index contributed by atoms with van der Waals surface area (Å²) in [5.74, 6) is -0.969. The number of carboxylic acids is 1. The molecule has 0 aliphatic carbocycles. The van der Waals surface area contributed by atoms with E-state index >= 15 is 0 Å². The number of aryl methyl sites for hydroxylation is 1. The zero-order valence-electron chi connectivity index (χ0n) is 14.1. The first-order chi connectivity index (χ1) is 10.7. The Kier molecular flexibility index (Phi) is 5.15. The highest BCUT2D eigenvalue weighted by atomic mass is 32.2. The molecule has 2 rings (SSSR count). The molecule has 1 saturated heterocycles. The monoisotopic (exact) mass is 343 g/mol. The Morgan fingerprint density at radius 1 is 1.35 bits per heavy atom. The van der Waals surface area contributed by atoms with Crippen molar-refractivity contribution in [1.29, 1.82) is 0 Å². The van der Waals surface area contributed by atoms with E-state index < -0.39 is 22.0 Å². The Bertz CT molecular complexity index is 694. The normalized spacial score (nSPS) is 20.1. The van der Waals surface area contributed by atoms with Crippen LogP contribution in [-0.2, 0) is 14.8 Å². The SMILES string of the molecule is Cc1nn(C(C)C)c(C)c1S(=O)(=O)N1CCCCC1CC(=O)O. The van der Waals surface area contributed by atoms with Crippen LogP contribution in [0.3, 0.4) is 0 Å². The molecule has 1 fully saturated rings. The molecule has 1 aromatic rings. The minimum Gasteiger partial charge on any atom is -0.481 e. The summed E-state index contributed by atoms with van der Waals surface area (Å²) >= 11 is 0. The van der Waals surface area contributed by atoms with Gasteiger partial charge in [-0.2, -0.15) is 9.40 Å². The molecule has 0 aromatic carbocycles. The molecule has 0 radical (unpaired) electrons. The summed E-state index contributed by atoms with van der Waals surface area (Å²) in [6.45, 7) is 7.71. The second kappa shape index (κ2) is 6.60. The predicted octanol–water partition coefficient (Wildman–Crippen LogP) is 2.10. The highest BCUT2D eigenvalue weighted by molar-refractivity contribution is 7.89. The Morgan fingerprint density at radius 2 is 2.00 bits per heavy atom. The van der Waals surface area contributed by atoms with E-state index in [0.717, 1.165) is 12.8 Å². The Morgan fingerprint density at radius 3 is 2.52 bits per heavy atom. The minimum absolute atomic E-state index is 0.0637. The lowest BCUT2D eigenvalue weighted by atomic mass is 10.0. The van der Waals surface area contributed by atoms with E-state index in [1.54, 1.807) is 18.5 Å². The zero-order chi connectivity index (χ0) is 17.4. The maximum Gasteiger partial charge on any atom is 0.304 e. The molecule has 1 atom stereocenters. The van der Waals surface area contributed by atoms with Crippen molar-refractivity contribution in [3.8, 4) is 0 Å². The molecule has 8 heteroatoms. The van der Waals surface area contributed by atoms with Crippen molar-refractivity contribution >= 4 is 16.0 Å². The van der Waals surface area contributed by atoms with Crippen LogP contribution in [0.5, 0.6) is 0 Å². The molecule has 2 heterocycles. The first-order valence-electron chi connectivity index (χ1n) is 7.95. The van der Waals surface area contributed by atoms with Gasteiger partial charge in [0.05, 0.1) is 17.8 Å². The van der Waals surface area contributed by atoms with Crippen LogP contribution in [0.2, 0.25) is 0 Å². The summed E-state index contributed by atoms with van der Waals surface area (Å²) in [7, 11) is -3.74. The van der Waals surface area contributed by atoms with E-state index in [1.807, 2.05) is 13.8 Å². The number of rotatable bonds is 5. The Balaban J connectivity index is 2.46. The maximum atomic E-state index is 13.1. The molecular weight excluding hydrogens is 318 g/mol. The van der Waals surface area contributed by atoms with Gasteiger partial charge in [0.15, 0.2) is 0 Å². The third-order valence-corrected chi connectivity index (χ3v) is 6.50. The quantitative estimate of drug-likeness (QED) is 0.884. The number of piperidine rings is 1. The molecule has 130 valence electrons. The molecule has 1 aromatic heterocycles. The minimum atomic E-state index is -3.74. The first-order valence-corrected chi connectivity index (χ1v) is 9.39. The fourth-order valence-electron chi connectivity index (χ4n) is 3.34. The summed E-state index contributed by atoms with van der Waals surface area (Å²) in [4.78, 5) is 11.3. The number of aromatic nitrogens is 2. The van der Waals surface area contributed by atoms with E-state index in [9.17, 15) is 13.2 Å². The van der Waals surface area contributed by atoms with E-state index in [4.69, 9.17) is 5.11 Å². The highest BCUT2D eigenvalue weighted by Crippen LogP contribution is 2.31. The molecule has 7 nitrogen and oxygen atoms in total. The van der Waals surface area contributed by atoms with Crippen LogP contribution < -0.4 is 0 Å². The van der Waals surface area contributed by atoms with Gasteiger partial charge in [-0.3, -0.25) is 9.48 Å². The molecule has 0 spiro atoms. The molecule has 0 bridgehead atoms. The van der Waals surface area contributed by atoms with Crippen molar-refractivity contribution in [1.82, 2.24) is 14.1 Å². The van der Waals surface area contributed by atoms with E-state index in [-0.39, 0.29) is 17.4 Å². The number of aliphatic carboxylic acids is 1. The van der Waals surface area contributed by atoms with Gasteiger partial charge < -0.3 is 5.11 Å². The lowest BCUT2D eigenvalue weighted by Gasteiger charge is -2.33. The van der Waals surface area contributed by atoms with Gasteiger partial charge in [-0.15, -0.1) is 0 Å². The summed E-state index contributed by atoms with van der Waals surface area (Å²) in [5.41, 5.74) is 1.08. The first kappa shape index (κ1) is 17.9. The van der Waals surface area contributed by atoms with Gasteiger partial charge in [-0.25, -0.2) is 8.42 Å². The smallest absolute Gasteiger partial charge is 0.304 e. The number of sulfonamides is 1. The van der Waals surface area contributed by atoms with Crippen LogP contribution in [0, 0.1) is 13.8 Å². The van der Waals surface area contributed by atoms with Crippen molar-refractivity contribution in [3.63, 3.8) is 0 Å². The van der Waals surface area contributed by atoms with Crippen LogP contribution in [0.15, 0.2) is 4.90 Å². The van der Waals surface area contributed by atoms with E-state index in [0.29, 0.717) is 24.4 Å². The zero-order valence-corrected chi connectivity index (χ0v) is 14.9. The number of hydrogen-bond acceptors (Lipinski definition) is 4. The number of nitrogens with zero attached hydrogens (tertiary/aromatic N) is 3. The average molecular weight is 343 g/mol. The Hall–Kier alpha value is -1.41. The molecule has 1 unspecified atom stereocenters. The predicted molar refractivity (Wildman–Crippen MR) is 85.9 cm³/mol. The van der Waals surface area contributed by atoms with Gasteiger partial charge in [0, 0.05) is 18.6 Å². The van der Waals surface area contributed by atoms with E-state index in [1.165, 1.54) is 4.31 Å². The van der Waals surface area contributed by atoms with Crippen molar-refractivity contribution in [2.24, 2.45) is 0 Å². The lowest BCUT2D eigenvalue weighted by molar-refractivity contribution is -0.138. The molecular formula is C15H25N3O4S. The van der Waals surface area contributed by atoms with Crippen LogP contribution in [0.25, 0.3) is 0 Å². The third kappa shape index (κ3) is 3.42. The molecule has 0 amide bonds. The van der Waals surface area contributed by atoms with Crippen molar-refractivity contribution < 1.29 is 18.3 Å². The number of carbonyl (C=O) groups is 1. The van der Waals surface area contributed by atoms with E-state index in [2.05, 4.69) is 5.10 Å². The van der Waals surface area contributed by atoms with Crippen LogP contribution >= 0.6 is 0 Å². The summed E-state index contributed by atoms with van der Waals surface area (Å²) in [5, 5.41) is 13.4. The van der Waals surface area contributed by atoms with Gasteiger partial charge in [0.25, 0.3) is 0 Å². The summed E-state index contributed by atoms with van der Waals surface area (Å²) in [6, 6.07) is -0.415. The van der Waals surface area contributed by atoms with Gasteiger partial charge in [0.2, 0.25) is 10.0 Å². The van der Waals surface area contributed by atoms with Crippen LogP contribution in [-0.4, -0.2) is 46.2 Å². The molecule has 23 heavy (non-hydrogen) atoms. The fraction of sp³-hybridized carbons (Fsp3) is 0.733. The second-order valence-corrected chi connectivity index (χ2v) is 8.23. The molecule has 0 saturated carbocycles. The average Bonchev–Trinajstić information content (AvgIpc) is 2.74. The van der Waals surface area contributed by atoms with Crippen molar-refractivity contribution in [2.75, 3.05) is 6.54 Å². The van der Waals surface area contributed by atoms with Gasteiger partial charge in [0.1, 0.15) is 4.90 Å². The summed E-state index contributed by atoms with van der Waals surface area (Å²) < 4.78 is 29.3. The topological polar surface area (TPSA) is 92.5 Å². The van der Waals surface area contributed by atoms with Crippen LogP contribution in [0.1, 0.15) is 57.0 Å². The van der Waals surface area contributed by atoms with Gasteiger partial charge in [-0.1, -0.05) is 6.42 Å². The highest BCUT2D eigenvalue weighted by Gasteiger charge is 2.37. The third-order valence-electron chi connectivity index (χ3n) is 4.30. The van der Waals surface area contributed by atoms with Gasteiger partial charge in [-0.05, 0) is 40.5 Å². The van der Waals surface area contributed by atoms with Crippen molar-refractivity contribution in [2.45, 2.75) is 70.4 Å².